The number of carbonyl (C=O) groups excluding carboxylic acids is 1. The fraction of sp³-hybridized carbons (Fsp3) is 0.389. The van der Waals surface area contributed by atoms with Crippen LogP contribution in [-0.2, 0) is 6.42 Å². The minimum atomic E-state index is -0.0311. The maximum absolute atomic E-state index is 12.8. The summed E-state index contributed by atoms with van der Waals surface area (Å²) in [6, 6.07) is 12.2. The highest BCUT2D eigenvalue weighted by Crippen LogP contribution is 2.26. The van der Waals surface area contributed by atoms with Crippen LogP contribution >= 0.6 is 24.2 Å². The molecule has 1 saturated heterocycles. The third-order valence-electron chi connectivity index (χ3n) is 4.27. The Bertz CT molecular complexity index is 672. The molecule has 1 aromatic carbocycles. The fourth-order valence-corrected chi connectivity index (χ4v) is 3.28. The molecule has 1 fully saturated rings. The van der Waals surface area contributed by atoms with Gasteiger partial charge in [-0.15, -0.1) is 12.4 Å². The Labute approximate surface area is 153 Å². The van der Waals surface area contributed by atoms with E-state index in [9.17, 15) is 4.79 Å². The first-order valence-electron chi connectivity index (χ1n) is 7.97. The van der Waals surface area contributed by atoms with E-state index in [-0.39, 0.29) is 24.4 Å². The predicted molar refractivity (Wildman–Crippen MR) is 100 cm³/mol. The minimum absolute atomic E-state index is 0. The standard InChI is InChI=1S/C18H22N2O2S.ClH/c1-3-13-4-6-14(7-5-13)15-12-19-10-11-20(15)18(21)16-8-9-17(22-16)23-2;/h4-9,15,19H,3,10-12H2,1-2H3;1H. The molecule has 0 saturated carbocycles. The zero-order valence-electron chi connectivity index (χ0n) is 14.0. The van der Waals surface area contributed by atoms with Crippen LogP contribution in [0.25, 0.3) is 0 Å². The Balaban J connectivity index is 0.00000208. The van der Waals surface area contributed by atoms with Crippen molar-refractivity contribution in [2.75, 3.05) is 25.9 Å². The first-order chi connectivity index (χ1) is 11.2. The topological polar surface area (TPSA) is 45.5 Å². The van der Waals surface area contributed by atoms with Crippen LogP contribution in [0, 0.1) is 0 Å². The van der Waals surface area contributed by atoms with Gasteiger partial charge in [0.2, 0.25) is 0 Å². The lowest BCUT2D eigenvalue weighted by Gasteiger charge is -2.36. The highest BCUT2D eigenvalue weighted by atomic mass is 35.5. The molecule has 1 amide bonds. The second-order valence-electron chi connectivity index (χ2n) is 5.64. The molecular weight excluding hydrogens is 344 g/mol. The van der Waals surface area contributed by atoms with Gasteiger partial charge in [-0.05, 0) is 35.9 Å². The number of aryl methyl sites for hydroxylation is 1. The number of nitrogens with one attached hydrogen (secondary N) is 1. The van der Waals surface area contributed by atoms with Crippen LogP contribution in [0.4, 0.5) is 0 Å². The summed E-state index contributed by atoms with van der Waals surface area (Å²) in [4.78, 5) is 14.7. The molecule has 0 aliphatic carbocycles. The van der Waals surface area contributed by atoms with Crippen molar-refractivity contribution in [1.82, 2.24) is 10.2 Å². The molecule has 1 aromatic heterocycles. The molecule has 130 valence electrons. The van der Waals surface area contributed by atoms with Crippen LogP contribution in [0.1, 0.15) is 34.6 Å². The largest absolute Gasteiger partial charge is 0.445 e. The van der Waals surface area contributed by atoms with Gasteiger partial charge >= 0.3 is 0 Å². The normalized spacial score (nSPS) is 17.4. The molecule has 4 nitrogen and oxygen atoms in total. The van der Waals surface area contributed by atoms with Gasteiger partial charge in [-0.2, -0.15) is 0 Å². The molecule has 0 bridgehead atoms. The lowest BCUT2D eigenvalue weighted by molar-refractivity contribution is 0.0596. The smallest absolute Gasteiger partial charge is 0.290 e. The molecule has 24 heavy (non-hydrogen) atoms. The Kier molecular flexibility index (Phi) is 6.78. The van der Waals surface area contributed by atoms with Gasteiger partial charge in [0.1, 0.15) is 0 Å². The zero-order chi connectivity index (χ0) is 16.2. The van der Waals surface area contributed by atoms with Crippen molar-refractivity contribution in [3.8, 4) is 0 Å². The van der Waals surface area contributed by atoms with E-state index >= 15 is 0 Å². The van der Waals surface area contributed by atoms with Crippen LogP contribution in [0.2, 0.25) is 0 Å². The van der Waals surface area contributed by atoms with Crippen LogP contribution in [0.5, 0.6) is 0 Å². The number of carbonyl (C=O) groups is 1. The van der Waals surface area contributed by atoms with Gasteiger partial charge in [0.05, 0.1) is 6.04 Å². The Morgan fingerprint density at radius 1 is 1.29 bits per heavy atom. The molecule has 1 aliphatic rings. The molecule has 0 spiro atoms. The number of halogens is 1. The summed E-state index contributed by atoms with van der Waals surface area (Å²) in [5.74, 6) is 0.391. The van der Waals surface area contributed by atoms with Crippen molar-refractivity contribution in [3.05, 3.63) is 53.3 Å². The van der Waals surface area contributed by atoms with Crippen molar-refractivity contribution < 1.29 is 9.21 Å². The quantitative estimate of drug-likeness (QED) is 0.836. The lowest BCUT2D eigenvalue weighted by atomic mass is 10.0. The van der Waals surface area contributed by atoms with Crippen molar-refractivity contribution >= 4 is 30.1 Å². The van der Waals surface area contributed by atoms with Gasteiger partial charge in [0.25, 0.3) is 5.91 Å². The van der Waals surface area contributed by atoms with E-state index in [1.807, 2.05) is 17.2 Å². The van der Waals surface area contributed by atoms with Crippen LogP contribution in [0.3, 0.4) is 0 Å². The van der Waals surface area contributed by atoms with Gasteiger partial charge in [-0.1, -0.05) is 43.0 Å². The van der Waals surface area contributed by atoms with Gasteiger partial charge in [-0.3, -0.25) is 4.79 Å². The fourth-order valence-electron chi connectivity index (χ4n) is 2.91. The summed E-state index contributed by atoms with van der Waals surface area (Å²) in [6.45, 7) is 4.42. The number of hydrogen-bond donors (Lipinski definition) is 1. The van der Waals surface area contributed by atoms with Gasteiger partial charge < -0.3 is 14.6 Å². The molecule has 1 N–H and O–H groups in total. The summed E-state index contributed by atoms with van der Waals surface area (Å²) in [6.07, 6.45) is 2.96. The van der Waals surface area contributed by atoms with E-state index in [1.165, 1.54) is 22.9 Å². The number of thioether (sulfide) groups is 1. The Morgan fingerprint density at radius 3 is 2.67 bits per heavy atom. The third kappa shape index (κ3) is 3.97. The average molecular weight is 367 g/mol. The van der Waals surface area contributed by atoms with Gasteiger partial charge in [-0.25, -0.2) is 0 Å². The monoisotopic (exact) mass is 366 g/mol. The van der Waals surface area contributed by atoms with Gasteiger partial charge in [0, 0.05) is 19.6 Å². The second-order valence-corrected chi connectivity index (χ2v) is 6.45. The molecule has 0 radical (unpaired) electrons. The SMILES string of the molecule is CCc1ccc(C2CNCCN2C(=O)c2ccc(SC)o2)cc1.Cl. The lowest BCUT2D eigenvalue weighted by Crippen LogP contribution is -2.48. The maximum atomic E-state index is 12.8. The number of piperazine rings is 1. The molecule has 1 atom stereocenters. The first kappa shape index (κ1) is 18.9. The number of furan rings is 1. The summed E-state index contributed by atoms with van der Waals surface area (Å²) in [5, 5.41) is 4.16. The second kappa shape index (κ2) is 8.60. The minimum Gasteiger partial charge on any atom is -0.445 e. The van der Waals surface area contributed by atoms with E-state index in [4.69, 9.17) is 4.42 Å². The van der Waals surface area contributed by atoms with E-state index in [0.29, 0.717) is 12.3 Å². The maximum Gasteiger partial charge on any atom is 0.290 e. The molecule has 2 heterocycles. The summed E-state index contributed by atoms with van der Waals surface area (Å²) < 4.78 is 5.62. The molecule has 3 rings (SSSR count). The number of benzene rings is 1. The molecule has 6 heteroatoms. The van der Waals surface area contributed by atoms with E-state index in [0.717, 1.165) is 24.6 Å². The average Bonchev–Trinajstić information content (AvgIpc) is 3.10. The van der Waals surface area contributed by atoms with Crippen LogP contribution in [0.15, 0.2) is 45.9 Å². The van der Waals surface area contributed by atoms with Gasteiger partial charge in [0.15, 0.2) is 10.9 Å². The van der Waals surface area contributed by atoms with Crippen molar-refractivity contribution in [3.63, 3.8) is 0 Å². The van der Waals surface area contributed by atoms with Crippen molar-refractivity contribution in [2.24, 2.45) is 0 Å². The highest BCUT2D eigenvalue weighted by molar-refractivity contribution is 7.98. The Morgan fingerprint density at radius 2 is 2.04 bits per heavy atom. The number of nitrogens with zero attached hydrogens (tertiary/aromatic N) is 1. The highest BCUT2D eigenvalue weighted by Gasteiger charge is 2.30. The van der Waals surface area contributed by atoms with E-state index in [1.54, 1.807) is 6.07 Å². The summed E-state index contributed by atoms with van der Waals surface area (Å²) in [5.41, 5.74) is 2.48. The number of hydrogen-bond acceptors (Lipinski definition) is 4. The zero-order valence-corrected chi connectivity index (χ0v) is 15.6. The van der Waals surface area contributed by atoms with Crippen LogP contribution in [-0.4, -0.2) is 36.7 Å². The predicted octanol–water partition coefficient (Wildman–Crippen LogP) is 3.77. The summed E-state index contributed by atoms with van der Waals surface area (Å²) >= 11 is 1.51. The Hall–Kier alpha value is -1.43. The molecule has 1 unspecified atom stereocenters. The number of amides is 1. The van der Waals surface area contributed by atoms with Crippen molar-refractivity contribution in [2.45, 2.75) is 24.5 Å². The molecule has 2 aromatic rings. The molecule has 1 aliphatic heterocycles. The number of rotatable bonds is 4. The third-order valence-corrected chi connectivity index (χ3v) is 4.89. The van der Waals surface area contributed by atoms with E-state index < -0.39 is 0 Å². The molecular formula is C18H23ClN2O2S. The van der Waals surface area contributed by atoms with E-state index in [2.05, 4.69) is 36.5 Å². The van der Waals surface area contributed by atoms with Crippen LogP contribution < -0.4 is 5.32 Å². The van der Waals surface area contributed by atoms with Crippen molar-refractivity contribution in [1.29, 1.82) is 0 Å². The first-order valence-corrected chi connectivity index (χ1v) is 9.19. The summed E-state index contributed by atoms with van der Waals surface area (Å²) in [7, 11) is 0.